The lowest BCUT2D eigenvalue weighted by atomic mass is 9.92. The standard InChI is InChI=1S/C38H47N5O2/c1-9-13-24-43-36-31(21-16-23-39-36)33(30-20-15-22-32(29(30)17-10-2)42(11-3)12-4)35(37(43)44)41-38(45)40-34-27(25(5)6)18-14-19-28(34)26(7)8/h14-16,18-23,25-26H,9,11-13,24H2,1-8H3,(H2,40,41,45). The molecule has 0 saturated carbocycles. The van der Waals surface area contributed by atoms with E-state index in [4.69, 9.17) is 0 Å². The average molecular weight is 606 g/mol. The third-order valence-electron chi connectivity index (χ3n) is 8.27. The highest BCUT2D eigenvalue weighted by molar-refractivity contribution is 6.09. The molecular formula is C38H47N5O2. The van der Waals surface area contributed by atoms with Crippen LogP contribution in [0.2, 0.25) is 0 Å². The summed E-state index contributed by atoms with van der Waals surface area (Å²) in [6.45, 7) is 18.7. The molecule has 45 heavy (non-hydrogen) atoms. The van der Waals surface area contributed by atoms with Crippen LogP contribution in [0.3, 0.4) is 0 Å². The summed E-state index contributed by atoms with van der Waals surface area (Å²) < 4.78 is 1.69. The van der Waals surface area contributed by atoms with Gasteiger partial charge in [-0.25, -0.2) is 9.78 Å². The summed E-state index contributed by atoms with van der Waals surface area (Å²) >= 11 is 0. The van der Waals surface area contributed by atoms with Gasteiger partial charge in [-0.2, -0.15) is 0 Å². The maximum absolute atomic E-state index is 14.5. The van der Waals surface area contributed by atoms with Gasteiger partial charge in [-0.1, -0.05) is 77.3 Å². The molecule has 2 aromatic carbocycles. The van der Waals surface area contributed by atoms with E-state index in [1.54, 1.807) is 10.8 Å². The number of rotatable bonds is 11. The summed E-state index contributed by atoms with van der Waals surface area (Å²) in [6, 6.07) is 15.6. The Bertz CT molecular complexity index is 1760. The van der Waals surface area contributed by atoms with Crippen molar-refractivity contribution in [3.8, 4) is 23.0 Å². The minimum atomic E-state index is -0.461. The lowest BCUT2D eigenvalue weighted by Gasteiger charge is -2.25. The van der Waals surface area contributed by atoms with Crippen LogP contribution in [-0.2, 0) is 6.54 Å². The van der Waals surface area contributed by atoms with Crippen molar-refractivity contribution in [1.29, 1.82) is 0 Å². The number of carbonyl (C=O) groups excluding carboxylic acids is 1. The Morgan fingerprint density at radius 1 is 0.911 bits per heavy atom. The molecule has 2 N–H and O–H groups in total. The first kappa shape index (κ1) is 33.3. The van der Waals surface area contributed by atoms with Gasteiger partial charge in [-0.05, 0) is 68.4 Å². The predicted molar refractivity (Wildman–Crippen MR) is 190 cm³/mol. The van der Waals surface area contributed by atoms with Crippen LogP contribution >= 0.6 is 0 Å². The van der Waals surface area contributed by atoms with Crippen molar-refractivity contribution in [3.05, 3.63) is 81.8 Å². The second-order valence-corrected chi connectivity index (χ2v) is 11.9. The zero-order chi connectivity index (χ0) is 32.7. The Morgan fingerprint density at radius 2 is 1.56 bits per heavy atom. The molecule has 2 aromatic heterocycles. The van der Waals surface area contributed by atoms with E-state index in [2.05, 4.69) is 86.9 Å². The van der Waals surface area contributed by atoms with E-state index in [0.717, 1.165) is 64.9 Å². The smallest absolute Gasteiger partial charge is 0.323 e. The summed E-state index contributed by atoms with van der Waals surface area (Å²) in [5, 5.41) is 6.97. The first-order chi connectivity index (χ1) is 21.7. The average Bonchev–Trinajstić information content (AvgIpc) is 3.02. The summed E-state index contributed by atoms with van der Waals surface area (Å²) in [5.41, 5.74) is 6.62. The minimum absolute atomic E-state index is 0.200. The maximum Gasteiger partial charge on any atom is 0.323 e. The highest BCUT2D eigenvalue weighted by Crippen LogP contribution is 2.39. The topological polar surface area (TPSA) is 79.3 Å². The number of benzene rings is 2. The Kier molecular flexibility index (Phi) is 11.1. The fourth-order valence-corrected chi connectivity index (χ4v) is 5.99. The van der Waals surface area contributed by atoms with E-state index >= 15 is 0 Å². The number of urea groups is 1. The number of fused-ring (bicyclic) bond motifs is 1. The van der Waals surface area contributed by atoms with Gasteiger partial charge in [0.05, 0.1) is 11.3 Å². The van der Waals surface area contributed by atoms with Crippen LogP contribution < -0.4 is 21.1 Å². The molecule has 4 rings (SSSR count). The molecule has 0 saturated heterocycles. The van der Waals surface area contributed by atoms with Gasteiger partial charge in [-0.3, -0.25) is 9.36 Å². The van der Waals surface area contributed by atoms with Crippen LogP contribution in [0.4, 0.5) is 21.9 Å². The van der Waals surface area contributed by atoms with Crippen LogP contribution in [0.25, 0.3) is 22.2 Å². The number of nitrogens with zero attached hydrogens (tertiary/aromatic N) is 3. The third kappa shape index (κ3) is 6.91. The van der Waals surface area contributed by atoms with E-state index in [1.165, 1.54) is 0 Å². The number of hydrogen-bond donors (Lipinski definition) is 2. The van der Waals surface area contributed by atoms with Crippen LogP contribution in [0, 0.1) is 11.8 Å². The van der Waals surface area contributed by atoms with Gasteiger partial charge in [0, 0.05) is 48.0 Å². The number of aromatic nitrogens is 2. The summed E-state index contributed by atoms with van der Waals surface area (Å²) in [7, 11) is 0. The highest BCUT2D eigenvalue weighted by Gasteiger charge is 2.25. The number of aryl methyl sites for hydroxylation is 1. The van der Waals surface area contributed by atoms with Gasteiger partial charge in [0.15, 0.2) is 0 Å². The van der Waals surface area contributed by atoms with E-state index in [0.29, 0.717) is 17.8 Å². The van der Waals surface area contributed by atoms with Crippen LogP contribution in [-0.4, -0.2) is 28.7 Å². The van der Waals surface area contributed by atoms with Gasteiger partial charge >= 0.3 is 6.03 Å². The molecule has 0 aliphatic rings. The largest absolute Gasteiger partial charge is 0.371 e. The van der Waals surface area contributed by atoms with E-state index in [9.17, 15) is 9.59 Å². The lowest BCUT2D eigenvalue weighted by molar-refractivity contribution is 0.262. The zero-order valence-corrected chi connectivity index (χ0v) is 28.0. The maximum atomic E-state index is 14.5. The van der Waals surface area contributed by atoms with Gasteiger partial charge < -0.3 is 15.5 Å². The SMILES string of the molecule is CC#Cc1c(-c2c(NC(=O)Nc3c(C(C)C)cccc3C(C)C)c(=O)n(CCCC)c3ncccc23)cccc1N(CC)CC. The Hall–Kier alpha value is -4.57. The summed E-state index contributed by atoms with van der Waals surface area (Å²) in [6.07, 6.45) is 3.43. The second-order valence-electron chi connectivity index (χ2n) is 11.9. The molecule has 0 unspecified atom stereocenters. The predicted octanol–water partition coefficient (Wildman–Crippen LogP) is 8.97. The van der Waals surface area contributed by atoms with Crippen molar-refractivity contribution >= 4 is 34.1 Å². The fourth-order valence-electron chi connectivity index (χ4n) is 5.99. The number of carbonyl (C=O) groups is 1. The van der Waals surface area contributed by atoms with Crippen LogP contribution in [0.5, 0.6) is 0 Å². The van der Waals surface area contributed by atoms with Gasteiger partial charge in [0.1, 0.15) is 11.3 Å². The van der Waals surface area contributed by atoms with E-state index in [-0.39, 0.29) is 23.1 Å². The monoisotopic (exact) mass is 605 g/mol. The van der Waals surface area contributed by atoms with E-state index in [1.807, 2.05) is 49.4 Å². The zero-order valence-electron chi connectivity index (χ0n) is 28.0. The fraction of sp³-hybridized carbons (Fsp3) is 0.395. The molecule has 236 valence electrons. The molecule has 0 radical (unpaired) electrons. The lowest BCUT2D eigenvalue weighted by Crippen LogP contribution is -2.30. The number of hydrogen-bond acceptors (Lipinski definition) is 4. The first-order valence-electron chi connectivity index (χ1n) is 16.2. The van der Waals surface area contributed by atoms with Crippen molar-refractivity contribution in [2.45, 2.75) is 86.6 Å². The minimum Gasteiger partial charge on any atom is -0.371 e. The second kappa shape index (κ2) is 14.9. The van der Waals surface area contributed by atoms with Crippen molar-refractivity contribution in [3.63, 3.8) is 0 Å². The normalized spacial score (nSPS) is 11.1. The Labute approximate surface area is 268 Å². The van der Waals surface area contributed by atoms with Gasteiger partial charge in [0.25, 0.3) is 5.56 Å². The molecule has 4 aromatic rings. The molecule has 0 aliphatic heterocycles. The van der Waals surface area contributed by atoms with Gasteiger partial charge in [-0.15, -0.1) is 5.92 Å². The van der Waals surface area contributed by atoms with Crippen molar-refractivity contribution in [1.82, 2.24) is 9.55 Å². The first-order valence-corrected chi connectivity index (χ1v) is 16.2. The third-order valence-corrected chi connectivity index (χ3v) is 8.27. The van der Waals surface area contributed by atoms with Crippen molar-refractivity contribution in [2.24, 2.45) is 0 Å². The number of unbranched alkanes of at least 4 members (excludes halogenated alkanes) is 1. The number of pyridine rings is 2. The van der Waals surface area contributed by atoms with Crippen molar-refractivity contribution < 1.29 is 4.79 Å². The number of amides is 2. The molecule has 0 atom stereocenters. The highest BCUT2D eigenvalue weighted by atomic mass is 16.2. The Morgan fingerprint density at radius 3 is 2.16 bits per heavy atom. The van der Waals surface area contributed by atoms with Gasteiger partial charge in [0.2, 0.25) is 0 Å². The summed E-state index contributed by atoms with van der Waals surface area (Å²) in [4.78, 5) is 35.4. The number of anilines is 3. The molecular weight excluding hydrogens is 558 g/mol. The molecule has 0 aliphatic carbocycles. The molecule has 7 heteroatoms. The van der Waals surface area contributed by atoms with Crippen molar-refractivity contribution in [2.75, 3.05) is 28.6 Å². The molecule has 2 amide bonds. The molecule has 7 nitrogen and oxygen atoms in total. The number of nitrogens with one attached hydrogen (secondary N) is 2. The Balaban J connectivity index is 2.02. The quantitative estimate of drug-likeness (QED) is 0.167. The molecule has 0 fully saturated rings. The van der Waals surface area contributed by atoms with Crippen LogP contribution in [0.1, 0.15) is 96.8 Å². The van der Waals surface area contributed by atoms with E-state index < -0.39 is 6.03 Å². The number of para-hydroxylation sites is 1. The molecule has 2 heterocycles. The van der Waals surface area contributed by atoms with Crippen LogP contribution in [0.15, 0.2) is 59.5 Å². The molecule has 0 bridgehead atoms. The molecule has 0 spiro atoms. The summed E-state index contributed by atoms with van der Waals surface area (Å²) in [5.74, 6) is 6.83.